The molecule has 0 spiro atoms. The van der Waals surface area contributed by atoms with Gasteiger partial charge in [-0.25, -0.2) is 4.90 Å². The van der Waals surface area contributed by atoms with Gasteiger partial charge in [-0.05, 0) is 92.7 Å². The van der Waals surface area contributed by atoms with E-state index in [2.05, 4.69) is 93.9 Å². The molecule has 1 aliphatic heterocycles. The summed E-state index contributed by atoms with van der Waals surface area (Å²) in [6.45, 7) is 13.3. The Bertz CT molecular complexity index is 1690. The van der Waals surface area contributed by atoms with Crippen LogP contribution in [0.25, 0.3) is 0 Å². The third-order valence-corrected chi connectivity index (χ3v) is 10.0. The second kappa shape index (κ2) is 9.65. The minimum atomic E-state index is -0.424. The van der Waals surface area contributed by atoms with Crippen molar-refractivity contribution in [1.29, 1.82) is 0 Å². The summed E-state index contributed by atoms with van der Waals surface area (Å²) in [5.74, 6) is -0.0132. The van der Waals surface area contributed by atoms with E-state index in [0.29, 0.717) is 17.2 Å². The topological polar surface area (TPSA) is 46.6 Å². The Morgan fingerprint density at radius 2 is 1.00 bits per heavy atom. The highest BCUT2D eigenvalue weighted by Crippen LogP contribution is 2.62. The Hall–Kier alpha value is -3.70. The van der Waals surface area contributed by atoms with Crippen LogP contribution in [0, 0.1) is 11.8 Å². The monoisotopic (exact) mass is 633 g/mol. The van der Waals surface area contributed by atoms with Crippen LogP contribution in [-0.4, -0.2) is 11.8 Å². The number of anilines is 1. The minimum absolute atomic E-state index is 0.0222. The molecule has 0 saturated carbocycles. The summed E-state index contributed by atoms with van der Waals surface area (Å²) in [4.78, 5) is 30.1. The lowest BCUT2D eigenvalue weighted by molar-refractivity contribution is -0.122. The molecule has 4 nitrogen and oxygen atoms in total. The number of hydrogen-bond acceptors (Lipinski definition) is 3. The van der Waals surface area contributed by atoms with Crippen LogP contribution in [0.1, 0.15) is 86.8 Å². The third-order valence-electron chi connectivity index (χ3n) is 9.51. The normalized spacial score (nSPS) is 22.3. The number of rotatable bonds is 3. The lowest BCUT2D eigenvalue weighted by atomic mass is 9.54. The van der Waals surface area contributed by atoms with E-state index in [0.717, 1.165) is 4.47 Å². The number of ether oxygens (including phenoxy) is 1. The second-order valence-corrected chi connectivity index (χ2v) is 15.2. The average Bonchev–Trinajstić information content (AvgIpc) is 3.23. The Morgan fingerprint density at radius 3 is 1.42 bits per heavy atom. The molecule has 4 atom stereocenters. The SMILES string of the molecule is CC(C)(C)c1ccc2c(c1)[C@H]1c3ccc(C(C)(C)C)cc3[C@@H]2[C@H]2C(=O)N(c3ccc(Oc4ccc(Br)cc4)cc3)C(=O)[C@H]12. The van der Waals surface area contributed by atoms with Gasteiger partial charge < -0.3 is 4.74 Å². The predicted octanol–water partition coefficient (Wildman–Crippen LogP) is 9.23. The first-order valence-corrected chi connectivity index (χ1v) is 15.8. The van der Waals surface area contributed by atoms with Gasteiger partial charge in [0.2, 0.25) is 11.8 Å². The molecule has 4 aromatic rings. The van der Waals surface area contributed by atoms with Gasteiger partial charge in [0, 0.05) is 16.3 Å². The molecule has 4 aromatic carbocycles. The van der Waals surface area contributed by atoms with Gasteiger partial charge in [0.05, 0.1) is 17.5 Å². The number of amides is 2. The van der Waals surface area contributed by atoms with E-state index >= 15 is 0 Å². The largest absolute Gasteiger partial charge is 0.457 e. The van der Waals surface area contributed by atoms with Gasteiger partial charge in [-0.3, -0.25) is 9.59 Å². The van der Waals surface area contributed by atoms with Gasteiger partial charge in [-0.15, -0.1) is 0 Å². The van der Waals surface area contributed by atoms with Crippen molar-refractivity contribution in [3.63, 3.8) is 0 Å². The maximum atomic E-state index is 14.3. The fourth-order valence-corrected chi connectivity index (χ4v) is 7.53. The van der Waals surface area contributed by atoms with Crippen LogP contribution in [0.4, 0.5) is 5.69 Å². The number of carbonyl (C=O) groups excluding carboxylic acids is 2. The third kappa shape index (κ3) is 4.47. The Balaban J connectivity index is 1.30. The maximum absolute atomic E-state index is 14.3. The lowest BCUT2D eigenvalue weighted by Crippen LogP contribution is -2.42. The minimum Gasteiger partial charge on any atom is -0.457 e. The van der Waals surface area contributed by atoms with Crippen LogP contribution >= 0.6 is 15.9 Å². The molecule has 218 valence electrons. The van der Waals surface area contributed by atoms with E-state index in [1.807, 2.05) is 48.5 Å². The van der Waals surface area contributed by atoms with Gasteiger partial charge in [-0.2, -0.15) is 0 Å². The van der Waals surface area contributed by atoms with E-state index in [4.69, 9.17) is 4.74 Å². The van der Waals surface area contributed by atoms with Crippen LogP contribution in [0.3, 0.4) is 0 Å². The molecule has 0 radical (unpaired) electrons. The Morgan fingerprint density at radius 1 is 0.581 bits per heavy atom. The summed E-state index contributed by atoms with van der Waals surface area (Å²) in [6, 6.07) is 28.4. The van der Waals surface area contributed by atoms with Gasteiger partial charge in [0.25, 0.3) is 0 Å². The van der Waals surface area contributed by atoms with Crippen LogP contribution < -0.4 is 9.64 Å². The van der Waals surface area contributed by atoms with Gasteiger partial charge in [0.15, 0.2) is 0 Å². The number of carbonyl (C=O) groups is 2. The highest BCUT2D eigenvalue weighted by molar-refractivity contribution is 9.10. The number of nitrogens with zero attached hydrogens (tertiary/aromatic N) is 1. The molecule has 3 aliphatic carbocycles. The van der Waals surface area contributed by atoms with Crippen LogP contribution in [0.15, 0.2) is 89.4 Å². The van der Waals surface area contributed by atoms with Crippen molar-refractivity contribution in [2.75, 3.05) is 4.90 Å². The standard InChI is InChI=1S/C38H36BrNO3/c1-37(2,3)21-7-17-27-29(19-21)31-28-18-8-22(38(4,5)6)20-30(28)32(27)34-33(31)35(41)40(36(34)42)24-11-15-26(16-12-24)43-25-13-9-23(39)10-14-25/h7-20,31-34H,1-6H3/t31-,32-,33-,34-/m1/s1. The first kappa shape index (κ1) is 28.1. The molecule has 4 aliphatic rings. The summed E-state index contributed by atoms with van der Waals surface area (Å²) < 4.78 is 6.97. The van der Waals surface area contributed by atoms with E-state index in [-0.39, 0.29) is 34.5 Å². The number of benzene rings is 4. The molecule has 2 bridgehead atoms. The maximum Gasteiger partial charge on any atom is 0.238 e. The molecule has 2 amide bonds. The zero-order chi connectivity index (χ0) is 30.4. The molecule has 0 aromatic heterocycles. The zero-order valence-electron chi connectivity index (χ0n) is 25.4. The molecular weight excluding hydrogens is 598 g/mol. The highest BCUT2D eigenvalue weighted by Gasteiger charge is 2.62. The molecule has 1 heterocycles. The summed E-state index contributed by atoms with van der Waals surface area (Å²) >= 11 is 3.45. The van der Waals surface area contributed by atoms with Crippen molar-refractivity contribution in [3.05, 3.63) is 123 Å². The average molecular weight is 635 g/mol. The van der Waals surface area contributed by atoms with Crippen LogP contribution in [-0.2, 0) is 20.4 Å². The first-order valence-electron chi connectivity index (χ1n) is 15.0. The fourth-order valence-electron chi connectivity index (χ4n) is 7.27. The van der Waals surface area contributed by atoms with Crippen molar-refractivity contribution in [1.82, 2.24) is 0 Å². The molecule has 1 saturated heterocycles. The smallest absolute Gasteiger partial charge is 0.238 e. The van der Waals surface area contributed by atoms with Crippen LogP contribution in [0.2, 0.25) is 0 Å². The molecule has 8 rings (SSSR count). The highest BCUT2D eigenvalue weighted by atomic mass is 79.9. The number of halogens is 1. The van der Waals surface area contributed by atoms with Gasteiger partial charge >= 0.3 is 0 Å². The molecule has 1 fully saturated rings. The lowest BCUT2D eigenvalue weighted by Gasteiger charge is -2.47. The fraction of sp³-hybridized carbons (Fsp3) is 0.316. The van der Waals surface area contributed by atoms with Gasteiger partial charge in [-0.1, -0.05) is 93.9 Å². The Kier molecular flexibility index (Phi) is 6.31. The summed E-state index contributed by atoms with van der Waals surface area (Å²) in [7, 11) is 0. The quantitative estimate of drug-likeness (QED) is 0.211. The molecule has 0 unspecified atom stereocenters. The van der Waals surface area contributed by atoms with E-state index in [1.54, 1.807) is 0 Å². The van der Waals surface area contributed by atoms with Crippen molar-refractivity contribution in [2.24, 2.45) is 11.8 Å². The van der Waals surface area contributed by atoms with Crippen molar-refractivity contribution in [3.8, 4) is 11.5 Å². The van der Waals surface area contributed by atoms with E-state index < -0.39 is 11.8 Å². The number of imide groups is 1. The van der Waals surface area contributed by atoms with E-state index in [1.165, 1.54) is 38.3 Å². The zero-order valence-corrected chi connectivity index (χ0v) is 27.0. The Labute approximate surface area is 262 Å². The first-order chi connectivity index (χ1) is 20.3. The van der Waals surface area contributed by atoms with Gasteiger partial charge in [0.1, 0.15) is 11.5 Å². The number of hydrogen-bond donors (Lipinski definition) is 0. The molecule has 43 heavy (non-hydrogen) atoms. The summed E-state index contributed by atoms with van der Waals surface area (Å²) in [5, 5.41) is 0. The van der Waals surface area contributed by atoms with Crippen molar-refractivity contribution < 1.29 is 14.3 Å². The van der Waals surface area contributed by atoms with Crippen molar-refractivity contribution >= 4 is 33.4 Å². The van der Waals surface area contributed by atoms with E-state index in [9.17, 15) is 9.59 Å². The summed E-state index contributed by atoms with van der Waals surface area (Å²) in [5.41, 5.74) is 7.84. The van der Waals surface area contributed by atoms with Crippen molar-refractivity contribution in [2.45, 2.75) is 64.2 Å². The molecular formula is C38H36BrNO3. The molecule has 5 heteroatoms. The predicted molar refractivity (Wildman–Crippen MR) is 174 cm³/mol. The van der Waals surface area contributed by atoms with Crippen LogP contribution in [0.5, 0.6) is 11.5 Å². The molecule has 0 N–H and O–H groups in total. The second-order valence-electron chi connectivity index (χ2n) is 14.3. The summed E-state index contributed by atoms with van der Waals surface area (Å²) in [6.07, 6.45) is 0.